The summed E-state index contributed by atoms with van der Waals surface area (Å²) in [5, 5.41) is 3.39. The van der Waals surface area contributed by atoms with Gasteiger partial charge in [-0.1, -0.05) is 18.5 Å². The maximum absolute atomic E-state index is 11.6. The maximum atomic E-state index is 11.6. The van der Waals surface area contributed by atoms with Crippen LogP contribution in [0.2, 0.25) is 4.34 Å². The zero-order valence-corrected chi connectivity index (χ0v) is 12.6. The maximum Gasteiger partial charge on any atom is 0.250 e. The Labute approximate surface area is 121 Å². The van der Waals surface area contributed by atoms with Crippen LogP contribution >= 0.6 is 22.9 Å². The first-order valence-electron chi connectivity index (χ1n) is 6.32. The predicted molar refractivity (Wildman–Crippen MR) is 82.4 cm³/mol. The highest BCUT2D eigenvalue weighted by Gasteiger charge is 2.08. The normalized spacial score (nSPS) is 12.4. The average molecular weight is 297 g/mol. The number of anilines is 1. The third-order valence-corrected chi connectivity index (χ3v) is 4.27. The van der Waals surface area contributed by atoms with E-state index < -0.39 is 0 Å². The van der Waals surface area contributed by atoms with E-state index in [1.807, 2.05) is 24.4 Å². The van der Waals surface area contributed by atoms with Crippen molar-refractivity contribution in [2.24, 2.45) is 0 Å². The van der Waals surface area contributed by atoms with Gasteiger partial charge in [0.1, 0.15) is 0 Å². The molecular formula is C14H17ClN2OS. The molecule has 0 radical (unpaired) electrons. The summed E-state index contributed by atoms with van der Waals surface area (Å²) >= 11 is 7.51. The molecule has 2 heterocycles. The Morgan fingerprint density at radius 1 is 1.37 bits per heavy atom. The van der Waals surface area contributed by atoms with E-state index in [1.54, 1.807) is 22.0 Å². The van der Waals surface area contributed by atoms with Crippen molar-refractivity contribution in [3.63, 3.8) is 0 Å². The second-order valence-corrected chi connectivity index (χ2v) is 6.20. The Hall–Kier alpha value is -1.26. The smallest absolute Gasteiger partial charge is 0.250 e. The average Bonchev–Trinajstić information content (AvgIpc) is 2.80. The van der Waals surface area contributed by atoms with Crippen LogP contribution < -0.4 is 10.9 Å². The number of pyridine rings is 1. The minimum Gasteiger partial charge on any atom is -0.377 e. The van der Waals surface area contributed by atoms with Crippen molar-refractivity contribution >= 4 is 28.6 Å². The second kappa shape index (κ2) is 6.26. The quantitative estimate of drug-likeness (QED) is 0.899. The van der Waals surface area contributed by atoms with Crippen molar-refractivity contribution in [2.75, 3.05) is 5.32 Å². The van der Waals surface area contributed by atoms with E-state index in [4.69, 9.17) is 11.6 Å². The monoisotopic (exact) mass is 296 g/mol. The highest BCUT2D eigenvalue weighted by molar-refractivity contribution is 7.16. The van der Waals surface area contributed by atoms with Gasteiger partial charge in [0.15, 0.2) is 0 Å². The van der Waals surface area contributed by atoms with Gasteiger partial charge in [0, 0.05) is 23.7 Å². The lowest BCUT2D eigenvalue weighted by molar-refractivity contribution is 0.654. The lowest BCUT2D eigenvalue weighted by Crippen LogP contribution is -2.19. The van der Waals surface area contributed by atoms with E-state index in [9.17, 15) is 4.79 Å². The molecule has 0 aliphatic carbocycles. The molecule has 2 aromatic rings. The van der Waals surface area contributed by atoms with Gasteiger partial charge in [-0.15, -0.1) is 11.3 Å². The third-order valence-electron chi connectivity index (χ3n) is 2.85. The molecule has 0 aromatic carbocycles. The summed E-state index contributed by atoms with van der Waals surface area (Å²) in [4.78, 5) is 12.8. The van der Waals surface area contributed by atoms with Gasteiger partial charge in [0.05, 0.1) is 16.1 Å². The molecule has 0 aliphatic rings. The van der Waals surface area contributed by atoms with Crippen LogP contribution in [0.15, 0.2) is 35.3 Å². The van der Waals surface area contributed by atoms with Gasteiger partial charge in [-0.25, -0.2) is 0 Å². The number of halogens is 1. The molecule has 0 spiro atoms. The van der Waals surface area contributed by atoms with E-state index >= 15 is 0 Å². The molecule has 3 nitrogen and oxygen atoms in total. The molecule has 0 fully saturated rings. The van der Waals surface area contributed by atoms with Crippen LogP contribution in [0.4, 0.5) is 5.69 Å². The topological polar surface area (TPSA) is 34.0 Å². The zero-order valence-electron chi connectivity index (χ0n) is 11.0. The number of aryl methyl sites for hydroxylation is 1. The van der Waals surface area contributed by atoms with E-state index in [2.05, 4.69) is 19.2 Å². The number of aromatic nitrogens is 1. The predicted octanol–water partition coefficient (Wildman–Crippen LogP) is 4.15. The number of nitrogens with zero attached hydrogens (tertiary/aromatic N) is 1. The Morgan fingerprint density at radius 3 is 2.79 bits per heavy atom. The van der Waals surface area contributed by atoms with Crippen LogP contribution in [-0.4, -0.2) is 4.57 Å². The van der Waals surface area contributed by atoms with Crippen LogP contribution in [0.25, 0.3) is 0 Å². The molecule has 5 heteroatoms. The summed E-state index contributed by atoms with van der Waals surface area (Å²) in [6, 6.07) is 7.52. The minimum atomic E-state index is 0.0409. The third kappa shape index (κ3) is 3.61. The summed E-state index contributed by atoms with van der Waals surface area (Å²) in [6.07, 6.45) is 2.82. The standard InChI is InChI=1S/C14H17ClN2OS/c1-3-8-17-9-11(4-7-14(17)18)16-10(2)12-5-6-13(15)19-12/h4-7,9-10,16H,3,8H2,1-2H3. The van der Waals surface area contributed by atoms with Gasteiger partial charge in [0.25, 0.3) is 5.56 Å². The molecule has 0 bridgehead atoms. The van der Waals surface area contributed by atoms with Crippen molar-refractivity contribution in [3.05, 3.63) is 50.0 Å². The van der Waals surface area contributed by atoms with E-state index in [0.717, 1.165) is 23.0 Å². The number of thiophene rings is 1. The van der Waals surface area contributed by atoms with E-state index in [0.29, 0.717) is 0 Å². The van der Waals surface area contributed by atoms with Gasteiger partial charge in [-0.3, -0.25) is 4.79 Å². The molecule has 19 heavy (non-hydrogen) atoms. The van der Waals surface area contributed by atoms with Gasteiger partial charge >= 0.3 is 0 Å². The van der Waals surface area contributed by atoms with Crippen LogP contribution in [0.5, 0.6) is 0 Å². The molecule has 2 aromatic heterocycles. The summed E-state index contributed by atoms with van der Waals surface area (Å²) < 4.78 is 2.52. The first kappa shape index (κ1) is 14.2. The molecule has 102 valence electrons. The van der Waals surface area contributed by atoms with Crippen molar-refractivity contribution in [3.8, 4) is 0 Å². The van der Waals surface area contributed by atoms with E-state index in [-0.39, 0.29) is 11.6 Å². The Kier molecular flexibility index (Phi) is 4.66. The fourth-order valence-corrected chi connectivity index (χ4v) is 2.98. The molecule has 1 atom stereocenters. The van der Waals surface area contributed by atoms with Crippen LogP contribution in [0.3, 0.4) is 0 Å². The number of rotatable bonds is 5. The van der Waals surface area contributed by atoms with Crippen molar-refractivity contribution in [1.82, 2.24) is 4.57 Å². The number of hydrogen-bond acceptors (Lipinski definition) is 3. The van der Waals surface area contributed by atoms with Crippen LogP contribution in [-0.2, 0) is 6.54 Å². The highest BCUT2D eigenvalue weighted by atomic mass is 35.5. The summed E-state index contributed by atoms with van der Waals surface area (Å²) in [5.74, 6) is 0. The largest absolute Gasteiger partial charge is 0.377 e. The van der Waals surface area contributed by atoms with E-state index in [1.165, 1.54) is 4.88 Å². The van der Waals surface area contributed by atoms with Gasteiger partial charge in [-0.2, -0.15) is 0 Å². The van der Waals surface area contributed by atoms with Crippen molar-refractivity contribution in [1.29, 1.82) is 0 Å². The van der Waals surface area contributed by atoms with Gasteiger partial charge < -0.3 is 9.88 Å². The van der Waals surface area contributed by atoms with Gasteiger partial charge in [0.2, 0.25) is 0 Å². The number of nitrogens with one attached hydrogen (secondary N) is 1. The Morgan fingerprint density at radius 2 is 2.16 bits per heavy atom. The van der Waals surface area contributed by atoms with Crippen molar-refractivity contribution < 1.29 is 0 Å². The minimum absolute atomic E-state index is 0.0409. The molecule has 1 N–H and O–H groups in total. The number of hydrogen-bond donors (Lipinski definition) is 1. The summed E-state index contributed by atoms with van der Waals surface area (Å²) in [6.45, 7) is 4.88. The second-order valence-electron chi connectivity index (χ2n) is 4.46. The van der Waals surface area contributed by atoms with Crippen LogP contribution in [0, 0.1) is 0 Å². The van der Waals surface area contributed by atoms with Crippen LogP contribution in [0.1, 0.15) is 31.2 Å². The molecule has 0 aliphatic heterocycles. The van der Waals surface area contributed by atoms with Gasteiger partial charge in [-0.05, 0) is 31.5 Å². The fraction of sp³-hybridized carbons (Fsp3) is 0.357. The first-order valence-corrected chi connectivity index (χ1v) is 7.52. The summed E-state index contributed by atoms with van der Waals surface area (Å²) in [5.41, 5.74) is 0.990. The first-order chi connectivity index (χ1) is 9.10. The zero-order chi connectivity index (χ0) is 13.8. The molecular weight excluding hydrogens is 280 g/mol. The molecule has 2 rings (SSSR count). The lowest BCUT2D eigenvalue weighted by Gasteiger charge is -2.15. The molecule has 0 amide bonds. The van der Waals surface area contributed by atoms with Crippen molar-refractivity contribution in [2.45, 2.75) is 32.9 Å². The Balaban J connectivity index is 2.14. The SMILES string of the molecule is CCCn1cc(NC(C)c2ccc(Cl)s2)ccc1=O. The molecule has 0 saturated heterocycles. The molecule has 1 unspecified atom stereocenters. The highest BCUT2D eigenvalue weighted by Crippen LogP contribution is 2.28. The summed E-state index contributed by atoms with van der Waals surface area (Å²) in [7, 11) is 0. The molecule has 0 saturated carbocycles. The Bertz CT molecular complexity index is 605. The fourth-order valence-electron chi connectivity index (χ4n) is 1.91. The lowest BCUT2D eigenvalue weighted by atomic mass is 10.2.